The number of alkyl halides is 2. The number of benzene rings is 1. The van der Waals surface area contributed by atoms with E-state index in [1.807, 2.05) is 0 Å². The number of carbonyl (C=O) groups is 1. The number of aromatic nitrogens is 3. The number of hydrogen-bond acceptors (Lipinski definition) is 6. The Morgan fingerprint density at radius 1 is 1.28 bits per heavy atom. The number of anilines is 2. The van der Waals surface area contributed by atoms with Crippen LogP contribution in [0.15, 0.2) is 42.9 Å². The van der Waals surface area contributed by atoms with Crippen molar-refractivity contribution in [3.63, 3.8) is 0 Å². The van der Waals surface area contributed by atoms with E-state index in [1.165, 1.54) is 36.3 Å². The molecule has 0 radical (unpaired) electrons. The van der Waals surface area contributed by atoms with Gasteiger partial charge < -0.3 is 10.1 Å². The molecule has 8 nitrogen and oxygen atoms in total. The van der Waals surface area contributed by atoms with Crippen molar-refractivity contribution in [1.29, 1.82) is 0 Å². The lowest BCUT2D eigenvalue weighted by atomic mass is 10.1. The summed E-state index contributed by atoms with van der Waals surface area (Å²) >= 11 is 5.94. The van der Waals surface area contributed by atoms with Crippen LogP contribution in [-0.4, -0.2) is 34.4 Å². The summed E-state index contributed by atoms with van der Waals surface area (Å²) in [6, 6.07) is 6.19. The Labute approximate surface area is 169 Å². The van der Waals surface area contributed by atoms with Crippen molar-refractivity contribution in [2.24, 2.45) is 7.05 Å². The zero-order valence-electron chi connectivity index (χ0n) is 15.3. The van der Waals surface area contributed by atoms with Gasteiger partial charge in [-0.05, 0) is 12.1 Å². The minimum Gasteiger partial charge on any atom is -0.432 e. The molecule has 152 valence electrons. The Kier molecular flexibility index (Phi) is 6.25. The molecule has 0 saturated carbocycles. The maximum Gasteiger partial charge on any atom is 0.387 e. The van der Waals surface area contributed by atoms with Crippen LogP contribution in [0.25, 0.3) is 11.1 Å². The molecule has 1 amide bonds. The maximum absolute atomic E-state index is 13.1. The zero-order chi connectivity index (χ0) is 21.0. The lowest BCUT2D eigenvalue weighted by Crippen LogP contribution is -2.23. The van der Waals surface area contributed by atoms with Gasteiger partial charge in [-0.1, -0.05) is 23.7 Å². The third-order valence-electron chi connectivity index (χ3n) is 3.82. The molecule has 0 spiro atoms. The third-order valence-corrected chi connectivity index (χ3v) is 4.02. The van der Waals surface area contributed by atoms with E-state index in [4.69, 9.17) is 16.3 Å². The van der Waals surface area contributed by atoms with Gasteiger partial charge in [0.2, 0.25) is 0 Å². The second-order valence-electron chi connectivity index (χ2n) is 5.78. The molecular formula is C18H16ClF2N5O3. The van der Waals surface area contributed by atoms with Crippen molar-refractivity contribution >= 4 is 28.9 Å². The summed E-state index contributed by atoms with van der Waals surface area (Å²) in [7, 11) is 2.99. The molecular weight excluding hydrogens is 408 g/mol. The summed E-state index contributed by atoms with van der Waals surface area (Å²) in [5.41, 5.74) is 3.65. The molecule has 2 aromatic heterocycles. The van der Waals surface area contributed by atoms with Gasteiger partial charge in [-0.15, -0.1) is 0 Å². The van der Waals surface area contributed by atoms with Crippen LogP contribution in [0.5, 0.6) is 5.75 Å². The van der Waals surface area contributed by atoms with Crippen LogP contribution < -0.4 is 15.5 Å². The molecule has 2 N–H and O–H groups in total. The third kappa shape index (κ3) is 4.79. The largest absolute Gasteiger partial charge is 0.432 e. The molecule has 0 aliphatic rings. The number of pyridine rings is 1. The standard InChI is InChI=1S/C18H16ClF2N5O3/c1-26-9-10(7-23-26)11-4-3-5-13(16(11)29-18(20)21)24-14-6-15(19)22-8-12(14)17(27)25-28-2/h3-9,18H,1-2H3,(H,22,24)(H,25,27). The molecule has 0 atom stereocenters. The number of carbonyl (C=O) groups excluding carboxylic acids is 1. The predicted octanol–water partition coefficient (Wildman–Crippen LogP) is 3.77. The molecule has 0 aliphatic heterocycles. The van der Waals surface area contributed by atoms with E-state index in [-0.39, 0.29) is 27.8 Å². The van der Waals surface area contributed by atoms with Gasteiger partial charge in [0.1, 0.15) is 5.15 Å². The second kappa shape index (κ2) is 8.84. The molecule has 0 bridgehead atoms. The normalized spacial score (nSPS) is 10.8. The van der Waals surface area contributed by atoms with Gasteiger partial charge in [-0.2, -0.15) is 13.9 Å². The van der Waals surface area contributed by atoms with E-state index in [1.54, 1.807) is 25.4 Å². The highest BCUT2D eigenvalue weighted by molar-refractivity contribution is 6.29. The molecule has 0 fully saturated rings. The molecule has 0 unspecified atom stereocenters. The topological polar surface area (TPSA) is 90.3 Å². The van der Waals surface area contributed by atoms with E-state index < -0.39 is 12.5 Å². The average Bonchev–Trinajstić information content (AvgIpc) is 3.09. The van der Waals surface area contributed by atoms with Gasteiger partial charge in [0.05, 0.1) is 30.2 Å². The van der Waals surface area contributed by atoms with Gasteiger partial charge in [0.15, 0.2) is 5.75 Å². The lowest BCUT2D eigenvalue weighted by Gasteiger charge is -2.17. The number of ether oxygens (including phenoxy) is 1. The molecule has 3 rings (SSSR count). The Morgan fingerprint density at radius 2 is 2.07 bits per heavy atom. The highest BCUT2D eigenvalue weighted by Gasteiger charge is 2.19. The Bertz CT molecular complexity index is 1030. The Balaban J connectivity index is 2.08. The van der Waals surface area contributed by atoms with Crippen molar-refractivity contribution in [2.75, 3.05) is 12.4 Å². The highest BCUT2D eigenvalue weighted by atomic mass is 35.5. The minimum atomic E-state index is -3.06. The summed E-state index contributed by atoms with van der Waals surface area (Å²) in [5.74, 6) is -0.708. The highest BCUT2D eigenvalue weighted by Crippen LogP contribution is 2.39. The number of halogens is 3. The zero-order valence-corrected chi connectivity index (χ0v) is 16.1. The summed E-state index contributed by atoms with van der Waals surface area (Å²) < 4.78 is 32.6. The summed E-state index contributed by atoms with van der Waals surface area (Å²) in [5, 5.41) is 7.07. The molecule has 3 aromatic rings. The van der Waals surface area contributed by atoms with Crippen LogP contribution in [0.4, 0.5) is 20.2 Å². The van der Waals surface area contributed by atoms with Crippen LogP contribution in [-0.2, 0) is 11.9 Å². The SMILES string of the molecule is CONC(=O)c1cnc(Cl)cc1Nc1cccc(-c2cnn(C)c2)c1OC(F)F. The number of hydroxylamine groups is 1. The van der Waals surface area contributed by atoms with Gasteiger partial charge in [-0.3, -0.25) is 14.3 Å². The fourth-order valence-corrected chi connectivity index (χ4v) is 2.80. The first-order valence-corrected chi connectivity index (χ1v) is 8.59. The lowest BCUT2D eigenvalue weighted by molar-refractivity contribution is -0.0489. The number of nitrogens with one attached hydrogen (secondary N) is 2. The van der Waals surface area contributed by atoms with Crippen molar-refractivity contribution in [3.8, 4) is 16.9 Å². The summed E-state index contributed by atoms with van der Waals surface area (Å²) in [6.07, 6.45) is 4.42. The van der Waals surface area contributed by atoms with Gasteiger partial charge in [0, 0.05) is 30.6 Å². The van der Waals surface area contributed by atoms with Gasteiger partial charge in [-0.25, -0.2) is 10.5 Å². The maximum atomic E-state index is 13.1. The smallest absolute Gasteiger partial charge is 0.387 e. The molecule has 29 heavy (non-hydrogen) atoms. The summed E-state index contributed by atoms with van der Waals surface area (Å²) in [4.78, 5) is 20.7. The quantitative estimate of drug-likeness (QED) is 0.444. The van der Waals surface area contributed by atoms with E-state index in [0.717, 1.165) is 0 Å². The fraction of sp³-hybridized carbons (Fsp3) is 0.167. The van der Waals surface area contributed by atoms with E-state index in [2.05, 4.69) is 25.7 Å². The van der Waals surface area contributed by atoms with Crippen molar-refractivity contribution in [1.82, 2.24) is 20.2 Å². The number of aryl methyl sites for hydroxylation is 1. The van der Waals surface area contributed by atoms with Crippen molar-refractivity contribution in [2.45, 2.75) is 6.61 Å². The van der Waals surface area contributed by atoms with Gasteiger partial charge in [0.25, 0.3) is 5.91 Å². The van der Waals surface area contributed by atoms with E-state index in [0.29, 0.717) is 11.1 Å². The number of para-hydroxylation sites is 1. The number of amides is 1. The van der Waals surface area contributed by atoms with E-state index in [9.17, 15) is 13.6 Å². The predicted molar refractivity (Wildman–Crippen MR) is 102 cm³/mol. The van der Waals surface area contributed by atoms with Crippen LogP contribution in [0, 0.1) is 0 Å². The Morgan fingerprint density at radius 3 is 2.72 bits per heavy atom. The number of hydrogen-bond donors (Lipinski definition) is 2. The van der Waals surface area contributed by atoms with Crippen LogP contribution in [0.3, 0.4) is 0 Å². The summed E-state index contributed by atoms with van der Waals surface area (Å²) in [6.45, 7) is -3.06. The monoisotopic (exact) mass is 423 g/mol. The number of nitrogens with zero attached hydrogens (tertiary/aromatic N) is 3. The molecule has 2 heterocycles. The second-order valence-corrected chi connectivity index (χ2v) is 6.16. The Hall–Kier alpha value is -3.24. The first kappa shape index (κ1) is 20.5. The average molecular weight is 424 g/mol. The van der Waals surface area contributed by atoms with Crippen LogP contribution in [0.1, 0.15) is 10.4 Å². The first-order valence-electron chi connectivity index (χ1n) is 8.21. The van der Waals surface area contributed by atoms with E-state index >= 15 is 0 Å². The van der Waals surface area contributed by atoms with Gasteiger partial charge >= 0.3 is 6.61 Å². The number of rotatable bonds is 7. The van der Waals surface area contributed by atoms with Crippen LogP contribution in [0.2, 0.25) is 5.15 Å². The molecule has 0 saturated heterocycles. The minimum absolute atomic E-state index is 0.0889. The molecule has 1 aromatic carbocycles. The fourth-order valence-electron chi connectivity index (χ4n) is 2.65. The van der Waals surface area contributed by atoms with Crippen molar-refractivity contribution < 1.29 is 23.1 Å². The molecule has 11 heteroatoms. The first-order chi connectivity index (χ1) is 13.9. The van der Waals surface area contributed by atoms with Crippen LogP contribution >= 0.6 is 11.6 Å². The molecule has 0 aliphatic carbocycles. The van der Waals surface area contributed by atoms with Crippen molar-refractivity contribution in [3.05, 3.63) is 53.6 Å².